The van der Waals surface area contributed by atoms with Crippen molar-refractivity contribution in [3.63, 3.8) is 0 Å². The Morgan fingerprint density at radius 2 is 2.38 bits per heavy atom. The van der Waals surface area contributed by atoms with Crippen LogP contribution in [-0.4, -0.2) is 45.1 Å². The molecule has 6 heteroatoms. The number of aromatic nitrogens is 2. The summed E-state index contributed by atoms with van der Waals surface area (Å²) in [6.07, 6.45) is 0. The lowest BCUT2D eigenvalue weighted by molar-refractivity contribution is 0.0709. The summed E-state index contributed by atoms with van der Waals surface area (Å²) in [5, 5.41) is 7.80. The number of halogens is 1. The van der Waals surface area contributed by atoms with Crippen LogP contribution >= 0.6 is 23.4 Å². The van der Waals surface area contributed by atoms with Crippen molar-refractivity contribution >= 4 is 29.3 Å². The monoisotopic (exact) mass is 257 g/mol. The van der Waals surface area contributed by atoms with E-state index in [1.165, 1.54) is 0 Å². The maximum atomic E-state index is 12.1. The Labute approximate surface area is 103 Å². The first-order valence-electron chi connectivity index (χ1n) is 5.06. The van der Waals surface area contributed by atoms with Gasteiger partial charge in [-0.2, -0.15) is 11.8 Å². The van der Waals surface area contributed by atoms with E-state index in [1.807, 2.05) is 23.6 Å². The van der Waals surface area contributed by atoms with E-state index in [9.17, 15) is 4.79 Å². The van der Waals surface area contributed by atoms with Crippen molar-refractivity contribution in [3.05, 3.63) is 23.0 Å². The van der Waals surface area contributed by atoms with Gasteiger partial charge in [-0.1, -0.05) is 11.6 Å². The van der Waals surface area contributed by atoms with Crippen LogP contribution in [0.4, 0.5) is 0 Å². The van der Waals surface area contributed by atoms with Gasteiger partial charge in [-0.05, 0) is 19.1 Å². The average molecular weight is 258 g/mol. The van der Waals surface area contributed by atoms with Crippen molar-refractivity contribution < 1.29 is 4.79 Å². The largest absolute Gasteiger partial charge is 0.333 e. The Balaban J connectivity index is 2.14. The molecule has 2 heterocycles. The van der Waals surface area contributed by atoms with Crippen molar-refractivity contribution in [2.24, 2.45) is 0 Å². The molecule has 0 aliphatic carbocycles. The predicted octanol–water partition coefficient (Wildman–Crippen LogP) is 1.71. The van der Waals surface area contributed by atoms with E-state index < -0.39 is 0 Å². The Hall–Kier alpha value is -0.810. The van der Waals surface area contributed by atoms with Crippen LogP contribution < -0.4 is 0 Å². The number of carbonyl (C=O) groups excluding carboxylic acids is 1. The smallest absolute Gasteiger partial charge is 0.274 e. The summed E-state index contributed by atoms with van der Waals surface area (Å²) in [5.41, 5.74) is 0.364. The molecule has 1 aliphatic rings. The number of nitrogens with zero attached hydrogens (tertiary/aromatic N) is 3. The molecule has 16 heavy (non-hydrogen) atoms. The van der Waals surface area contributed by atoms with Crippen LogP contribution in [0.3, 0.4) is 0 Å². The Morgan fingerprint density at radius 3 is 3.00 bits per heavy atom. The minimum Gasteiger partial charge on any atom is -0.333 e. The molecule has 0 aromatic carbocycles. The summed E-state index contributed by atoms with van der Waals surface area (Å²) in [6.45, 7) is 2.82. The van der Waals surface area contributed by atoms with Gasteiger partial charge in [0.1, 0.15) is 0 Å². The maximum absolute atomic E-state index is 12.1. The summed E-state index contributed by atoms with van der Waals surface area (Å²) in [6, 6.07) is 3.46. The van der Waals surface area contributed by atoms with Gasteiger partial charge in [-0.3, -0.25) is 4.79 Å². The molecule has 1 amide bonds. The van der Waals surface area contributed by atoms with Crippen LogP contribution in [0.2, 0.25) is 5.15 Å². The summed E-state index contributed by atoms with van der Waals surface area (Å²) in [5.74, 6) is 1.90. The van der Waals surface area contributed by atoms with Crippen molar-refractivity contribution in [1.82, 2.24) is 15.1 Å². The normalized spacial score (nSPS) is 20.9. The molecule has 0 N–H and O–H groups in total. The highest BCUT2D eigenvalue weighted by molar-refractivity contribution is 7.99. The highest BCUT2D eigenvalue weighted by Crippen LogP contribution is 2.18. The third-order valence-corrected chi connectivity index (χ3v) is 3.87. The second-order valence-electron chi connectivity index (χ2n) is 3.66. The Morgan fingerprint density at radius 1 is 1.56 bits per heavy atom. The predicted molar refractivity (Wildman–Crippen MR) is 64.9 cm³/mol. The van der Waals surface area contributed by atoms with Gasteiger partial charge in [-0.15, -0.1) is 10.2 Å². The Bertz CT molecular complexity index is 384. The first-order chi connectivity index (χ1) is 7.68. The molecule has 0 spiro atoms. The maximum Gasteiger partial charge on any atom is 0.274 e. The average Bonchev–Trinajstić information content (AvgIpc) is 2.30. The van der Waals surface area contributed by atoms with Crippen molar-refractivity contribution in [2.75, 3.05) is 18.1 Å². The SMILES string of the molecule is CC1CSCCN1C(=O)c1ccc(Cl)nn1. The molecule has 0 saturated carbocycles. The van der Waals surface area contributed by atoms with Crippen LogP contribution in [-0.2, 0) is 0 Å². The molecule has 4 nitrogen and oxygen atoms in total. The van der Waals surface area contributed by atoms with Gasteiger partial charge in [-0.25, -0.2) is 0 Å². The third-order valence-electron chi connectivity index (χ3n) is 2.48. The second kappa shape index (κ2) is 5.01. The van der Waals surface area contributed by atoms with E-state index in [2.05, 4.69) is 10.2 Å². The highest BCUT2D eigenvalue weighted by Gasteiger charge is 2.25. The van der Waals surface area contributed by atoms with Crippen LogP contribution in [0.25, 0.3) is 0 Å². The van der Waals surface area contributed by atoms with E-state index in [4.69, 9.17) is 11.6 Å². The standard InChI is InChI=1S/C10H12ClN3OS/c1-7-6-16-5-4-14(7)10(15)8-2-3-9(11)13-12-8/h2-3,7H,4-6H2,1H3. The van der Waals surface area contributed by atoms with Gasteiger partial charge >= 0.3 is 0 Å². The molecule has 86 valence electrons. The minimum absolute atomic E-state index is 0.0584. The zero-order valence-corrected chi connectivity index (χ0v) is 10.5. The van der Waals surface area contributed by atoms with Gasteiger partial charge in [0, 0.05) is 24.1 Å². The first kappa shape index (κ1) is 11.7. The van der Waals surface area contributed by atoms with E-state index in [1.54, 1.807) is 12.1 Å². The summed E-state index contributed by atoms with van der Waals surface area (Å²) in [4.78, 5) is 13.9. The molecule has 1 unspecified atom stereocenters. The topological polar surface area (TPSA) is 46.1 Å². The fourth-order valence-electron chi connectivity index (χ4n) is 1.61. The van der Waals surface area contributed by atoms with Gasteiger partial charge < -0.3 is 4.90 Å². The van der Waals surface area contributed by atoms with E-state index in [0.717, 1.165) is 18.1 Å². The third kappa shape index (κ3) is 2.47. The Kier molecular flexibility index (Phi) is 3.66. The fraction of sp³-hybridized carbons (Fsp3) is 0.500. The lowest BCUT2D eigenvalue weighted by Gasteiger charge is -2.32. The molecule has 0 bridgehead atoms. The molecule has 0 radical (unpaired) electrons. The van der Waals surface area contributed by atoms with Crippen LogP contribution in [0.5, 0.6) is 0 Å². The number of thioether (sulfide) groups is 1. The highest BCUT2D eigenvalue weighted by atomic mass is 35.5. The van der Waals surface area contributed by atoms with Gasteiger partial charge in [0.05, 0.1) is 0 Å². The summed E-state index contributed by atoms with van der Waals surface area (Å²) in [7, 11) is 0. The molecule has 1 fully saturated rings. The molecule has 1 atom stereocenters. The van der Waals surface area contributed by atoms with Crippen molar-refractivity contribution in [3.8, 4) is 0 Å². The minimum atomic E-state index is -0.0584. The van der Waals surface area contributed by atoms with Crippen LogP contribution in [0, 0.1) is 0 Å². The lowest BCUT2D eigenvalue weighted by atomic mass is 10.2. The fourth-order valence-corrected chi connectivity index (χ4v) is 2.72. The number of carbonyl (C=O) groups is 1. The zero-order chi connectivity index (χ0) is 11.5. The second-order valence-corrected chi connectivity index (χ2v) is 5.20. The number of hydrogen-bond acceptors (Lipinski definition) is 4. The van der Waals surface area contributed by atoms with Gasteiger partial charge in [0.15, 0.2) is 10.8 Å². The molecule has 1 aromatic rings. The van der Waals surface area contributed by atoms with Crippen LogP contribution in [0.1, 0.15) is 17.4 Å². The molecule has 2 rings (SSSR count). The first-order valence-corrected chi connectivity index (χ1v) is 6.59. The molecular weight excluding hydrogens is 246 g/mol. The van der Waals surface area contributed by atoms with Gasteiger partial charge in [0.2, 0.25) is 0 Å². The quantitative estimate of drug-likeness (QED) is 0.768. The number of amides is 1. The molecule has 1 aromatic heterocycles. The van der Waals surface area contributed by atoms with Crippen molar-refractivity contribution in [1.29, 1.82) is 0 Å². The van der Waals surface area contributed by atoms with Gasteiger partial charge in [0.25, 0.3) is 5.91 Å². The summed E-state index contributed by atoms with van der Waals surface area (Å²) >= 11 is 7.50. The number of rotatable bonds is 1. The van der Waals surface area contributed by atoms with E-state index in [0.29, 0.717) is 10.8 Å². The number of hydrogen-bond donors (Lipinski definition) is 0. The van der Waals surface area contributed by atoms with E-state index in [-0.39, 0.29) is 11.9 Å². The van der Waals surface area contributed by atoms with Crippen LogP contribution in [0.15, 0.2) is 12.1 Å². The molecular formula is C10H12ClN3OS. The molecule has 1 saturated heterocycles. The van der Waals surface area contributed by atoms with E-state index >= 15 is 0 Å². The van der Waals surface area contributed by atoms with Crippen molar-refractivity contribution in [2.45, 2.75) is 13.0 Å². The summed E-state index contributed by atoms with van der Waals surface area (Å²) < 4.78 is 0. The zero-order valence-electron chi connectivity index (χ0n) is 8.89. The lowest BCUT2D eigenvalue weighted by Crippen LogP contribution is -2.44. The molecule has 1 aliphatic heterocycles.